The number of carbonyl (C=O) groups excluding carboxylic acids is 1. The highest BCUT2D eigenvalue weighted by Crippen LogP contribution is 2.39. The third-order valence-corrected chi connectivity index (χ3v) is 3.32. The zero-order chi connectivity index (χ0) is 13.3. The third kappa shape index (κ3) is 1.85. The lowest BCUT2D eigenvalue weighted by atomic mass is 10.1. The average molecular weight is 264 g/mol. The molecule has 1 aromatic carbocycles. The van der Waals surface area contributed by atoms with E-state index in [9.17, 15) is 14.7 Å². The van der Waals surface area contributed by atoms with E-state index in [0.29, 0.717) is 10.2 Å². The number of isocyanates is 1. The van der Waals surface area contributed by atoms with Gasteiger partial charge in [0.2, 0.25) is 6.08 Å². The maximum Gasteiger partial charge on any atom is 0.339 e. The molecule has 0 saturated heterocycles. The van der Waals surface area contributed by atoms with Crippen molar-refractivity contribution in [1.29, 1.82) is 0 Å². The molecule has 7 heteroatoms. The van der Waals surface area contributed by atoms with E-state index in [1.54, 1.807) is 13.0 Å². The fourth-order valence-corrected chi connectivity index (χ4v) is 2.59. The highest BCUT2D eigenvalue weighted by Gasteiger charge is 2.22. The van der Waals surface area contributed by atoms with Gasteiger partial charge in [-0.15, -0.1) is 11.3 Å². The van der Waals surface area contributed by atoms with Crippen LogP contribution in [0.5, 0.6) is 5.75 Å². The van der Waals surface area contributed by atoms with Crippen LogP contribution in [0.25, 0.3) is 10.2 Å². The fourth-order valence-electron chi connectivity index (χ4n) is 1.65. The minimum Gasteiger partial charge on any atom is -0.494 e. The van der Waals surface area contributed by atoms with Gasteiger partial charge in [0.25, 0.3) is 0 Å². The predicted molar refractivity (Wildman–Crippen MR) is 65.6 cm³/mol. The van der Waals surface area contributed by atoms with E-state index in [1.165, 1.54) is 24.5 Å². The minimum atomic E-state index is -1.18. The van der Waals surface area contributed by atoms with E-state index in [1.807, 2.05) is 0 Å². The van der Waals surface area contributed by atoms with E-state index in [4.69, 9.17) is 4.74 Å². The molecule has 0 aliphatic rings. The van der Waals surface area contributed by atoms with Crippen molar-refractivity contribution in [3.8, 4) is 5.75 Å². The van der Waals surface area contributed by atoms with Crippen LogP contribution in [0.15, 0.2) is 11.1 Å². The van der Waals surface area contributed by atoms with E-state index in [0.717, 1.165) is 5.01 Å². The van der Waals surface area contributed by atoms with Gasteiger partial charge in [-0.25, -0.2) is 14.6 Å². The molecule has 0 amide bonds. The molecule has 0 aliphatic carbocycles. The number of hydrogen-bond acceptors (Lipinski definition) is 6. The molecule has 6 nitrogen and oxygen atoms in total. The maximum absolute atomic E-state index is 11.3. The molecule has 2 rings (SSSR count). The van der Waals surface area contributed by atoms with Gasteiger partial charge in [0.1, 0.15) is 17.0 Å². The van der Waals surface area contributed by atoms with E-state index < -0.39 is 5.97 Å². The highest BCUT2D eigenvalue weighted by molar-refractivity contribution is 7.19. The van der Waals surface area contributed by atoms with Gasteiger partial charge in [0.05, 0.1) is 22.3 Å². The molecule has 0 aliphatic heterocycles. The summed E-state index contributed by atoms with van der Waals surface area (Å²) in [7, 11) is 1.37. The molecular formula is C11H8N2O4S. The number of hydrogen-bond donors (Lipinski definition) is 1. The zero-order valence-electron chi connectivity index (χ0n) is 9.55. The topological polar surface area (TPSA) is 88.8 Å². The Balaban J connectivity index is 2.96. The first-order chi connectivity index (χ1) is 8.58. The Bertz CT molecular complexity index is 686. The van der Waals surface area contributed by atoms with Gasteiger partial charge in [0.15, 0.2) is 0 Å². The van der Waals surface area contributed by atoms with Crippen molar-refractivity contribution < 1.29 is 19.4 Å². The Hall–Kier alpha value is -2.24. The molecule has 0 unspecified atom stereocenters. The van der Waals surface area contributed by atoms with Gasteiger partial charge < -0.3 is 9.84 Å². The third-order valence-electron chi connectivity index (χ3n) is 2.32. The van der Waals surface area contributed by atoms with Gasteiger partial charge >= 0.3 is 5.97 Å². The number of aromatic nitrogens is 1. The molecule has 0 fully saturated rings. The molecule has 0 bridgehead atoms. The SMILES string of the molecule is COc1cc2nc(C)sc2c(C(=O)O)c1N=C=O. The fraction of sp³-hybridized carbons (Fsp3) is 0.182. The van der Waals surface area contributed by atoms with Gasteiger partial charge in [-0.2, -0.15) is 4.99 Å². The summed E-state index contributed by atoms with van der Waals surface area (Å²) in [6.07, 6.45) is 1.34. The lowest BCUT2D eigenvalue weighted by molar-refractivity contribution is 0.0700. The zero-order valence-corrected chi connectivity index (χ0v) is 10.4. The number of carboxylic acid groups (broad SMARTS) is 1. The summed E-state index contributed by atoms with van der Waals surface area (Å²) >= 11 is 1.23. The van der Waals surface area contributed by atoms with Gasteiger partial charge in [-0.05, 0) is 6.92 Å². The van der Waals surface area contributed by atoms with Gasteiger partial charge in [-0.1, -0.05) is 0 Å². The van der Waals surface area contributed by atoms with Crippen molar-refractivity contribution in [3.63, 3.8) is 0 Å². The number of nitrogens with zero attached hydrogens (tertiary/aromatic N) is 2. The molecule has 1 N–H and O–H groups in total. The first-order valence-corrected chi connectivity index (χ1v) is 5.69. The number of carboxylic acids is 1. The molecule has 1 aromatic heterocycles. The smallest absolute Gasteiger partial charge is 0.339 e. The second-order valence-electron chi connectivity index (χ2n) is 3.39. The van der Waals surface area contributed by atoms with Crippen molar-refractivity contribution in [2.75, 3.05) is 7.11 Å². The second-order valence-corrected chi connectivity index (χ2v) is 4.60. The average Bonchev–Trinajstić information content (AvgIpc) is 2.67. The van der Waals surface area contributed by atoms with Crippen molar-refractivity contribution >= 4 is 39.3 Å². The molecular weight excluding hydrogens is 256 g/mol. The van der Waals surface area contributed by atoms with Crippen LogP contribution in [0.2, 0.25) is 0 Å². The van der Waals surface area contributed by atoms with Gasteiger partial charge in [0, 0.05) is 6.07 Å². The minimum absolute atomic E-state index is 0.0313. The number of ether oxygens (including phenoxy) is 1. The molecule has 1 heterocycles. The normalized spacial score (nSPS) is 10.1. The lowest BCUT2D eigenvalue weighted by Gasteiger charge is -2.06. The highest BCUT2D eigenvalue weighted by atomic mass is 32.1. The van der Waals surface area contributed by atoms with E-state index in [2.05, 4.69) is 9.98 Å². The van der Waals surface area contributed by atoms with Crippen LogP contribution >= 0.6 is 11.3 Å². The molecule has 0 saturated carbocycles. The quantitative estimate of drug-likeness (QED) is 0.678. The van der Waals surface area contributed by atoms with Crippen LogP contribution in [0.1, 0.15) is 15.4 Å². The Morgan fingerprint density at radius 3 is 2.89 bits per heavy atom. The Kier molecular flexibility index (Phi) is 3.10. The van der Waals surface area contributed by atoms with Crippen molar-refractivity contribution in [2.24, 2.45) is 4.99 Å². The lowest BCUT2D eigenvalue weighted by Crippen LogP contribution is -1.99. The van der Waals surface area contributed by atoms with Crippen LogP contribution in [-0.2, 0) is 4.79 Å². The molecule has 0 radical (unpaired) electrons. The number of fused-ring (bicyclic) bond motifs is 1. The first kappa shape index (κ1) is 12.2. The number of aryl methyl sites for hydroxylation is 1. The number of carbonyl (C=O) groups is 1. The Morgan fingerprint density at radius 1 is 1.61 bits per heavy atom. The first-order valence-electron chi connectivity index (χ1n) is 4.87. The van der Waals surface area contributed by atoms with Crippen LogP contribution in [0.3, 0.4) is 0 Å². The van der Waals surface area contributed by atoms with Crippen molar-refractivity contribution in [3.05, 3.63) is 16.6 Å². The Labute approximate surface area is 106 Å². The number of aromatic carboxylic acids is 1. The number of methoxy groups -OCH3 is 1. The van der Waals surface area contributed by atoms with Crippen LogP contribution in [0, 0.1) is 6.92 Å². The molecule has 0 spiro atoms. The summed E-state index contributed by atoms with van der Waals surface area (Å²) in [5.41, 5.74) is 0.394. The van der Waals surface area contributed by atoms with Gasteiger partial charge in [-0.3, -0.25) is 0 Å². The number of thiazole rings is 1. The molecule has 2 aromatic rings. The van der Waals surface area contributed by atoms with Crippen molar-refractivity contribution in [1.82, 2.24) is 4.98 Å². The second kappa shape index (κ2) is 4.56. The summed E-state index contributed by atoms with van der Waals surface area (Å²) in [4.78, 5) is 29.4. The van der Waals surface area contributed by atoms with Crippen LogP contribution in [0.4, 0.5) is 5.69 Å². The summed E-state index contributed by atoms with van der Waals surface area (Å²) in [6, 6.07) is 1.56. The predicted octanol–water partition coefficient (Wildman–Crippen LogP) is 2.28. The largest absolute Gasteiger partial charge is 0.494 e. The maximum atomic E-state index is 11.3. The summed E-state index contributed by atoms with van der Waals surface area (Å²) in [6.45, 7) is 1.77. The van der Waals surface area contributed by atoms with E-state index >= 15 is 0 Å². The standard InChI is InChI=1S/C11H8N2O4S/c1-5-13-6-3-7(17-2)9(12-4-14)8(11(15)16)10(6)18-5/h3H,1-2H3,(H,15,16). The Morgan fingerprint density at radius 2 is 2.33 bits per heavy atom. The van der Waals surface area contributed by atoms with Crippen LogP contribution in [-0.4, -0.2) is 29.2 Å². The van der Waals surface area contributed by atoms with Crippen LogP contribution < -0.4 is 4.74 Å². The summed E-state index contributed by atoms with van der Waals surface area (Å²) in [5.74, 6) is -0.995. The van der Waals surface area contributed by atoms with E-state index in [-0.39, 0.29) is 17.0 Å². The monoisotopic (exact) mass is 264 g/mol. The number of aliphatic imine (C=N–C) groups is 1. The molecule has 18 heavy (non-hydrogen) atoms. The molecule has 0 atom stereocenters. The number of benzene rings is 1. The summed E-state index contributed by atoms with van der Waals surface area (Å²) in [5, 5.41) is 9.98. The molecule has 92 valence electrons. The number of rotatable bonds is 3. The summed E-state index contributed by atoms with van der Waals surface area (Å²) < 4.78 is 5.50. The van der Waals surface area contributed by atoms with Crippen molar-refractivity contribution in [2.45, 2.75) is 6.92 Å².